The average Bonchev–Trinajstić information content (AvgIpc) is 2.45. The minimum atomic E-state index is -1.17. The zero-order chi connectivity index (χ0) is 19.5. The third kappa shape index (κ3) is 4.94. The molecular formula is C16H24N2O7. The molecule has 0 spiro atoms. The van der Waals surface area contributed by atoms with Crippen molar-refractivity contribution in [1.82, 2.24) is 10.2 Å². The number of β-lactam (4-membered cyclic amide) rings is 1. The number of nitrogens with zero attached hydrogens (tertiary/aromatic N) is 1. The van der Waals surface area contributed by atoms with Gasteiger partial charge in [0.25, 0.3) is 5.91 Å². The van der Waals surface area contributed by atoms with Crippen LogP contribution in [0.15, 0.2) is 12.2 Å². The van der Waals surface area contributed by atoms with Gasteiger partial charge in [-0.05, 0) is 33.3 Å². The molecule has 0 aromatic carbocycles. The molecule has 0 aromatic heterocycles. The van der Waals surface area contributed by atoms with Crippen LogP contribution < -0.4 is 5.32 Å². The molecule has 2 amide bonds. The van der Waals surface area contributed by atoms with Crippen LogP contribution in [0, 0.1) is 0 Å². The highest BCUT2D eigenvalue weighted by Crippen LogP contribution is 2.28. The lowest BCUT2D eigenvalue weighted by Crippen LogP contribution is -2.75. The first kappa shape index (κ1) is 20.5. The lowest BCUT2D eigenvalue weighted by atomic mass is 9.97. The molecular weight excluding hydrogens is 332 g/mol. The Morgan fingerprint density at radius 1 is 1.24 bits per heavy atom. The first-order chi connectivity index (χ1) is 11.4. The summed E-state index contributed by atoms with van der Waals surface area (Å²) < 4.78 is 14.8. The number of alkyl carbamates (subject to hydrolysis) is 1. The Labute approximate surface area is 146 Å². The summed E-state index contributed by atoms with van der Waals surface area (Å²) in [7, 11) is 1.17. The van der Waals surface area contributed by atoms with Gasteiger partial charge in [0.15, 0.2) is 12.1 Å². The molecule has 1 unspecified atom stereocenters. The molecule has 140 valence electrons. The molecule has 0 aromatic rings. The molecule has 0 saturated carbocycles. The summed E-state index contributed by atoms with van der Waals surface area (Å²) in [6, 6.07) is -2.29. The maximum Gasteiger partial charge on any atom is 0.408 e. The topological polar surface area (TPSA) is 111 Å². The standard InChI is InChI=1S/C16H24N2O7/c1-8(2)11(14(21)23-7)18-12(20)10(13(18)24-9(3)19)17-15(22)25-16(4,5)6/h10-11,13H,1H2,2-7H3,(H,17,22)/t10-,11?,13+/m1/s1. The van der Waals surface area contributed by atoms with Crippen molar-refractivity contribution in [2.75, 3.05) is 7.11 Å². The minimum absolute atomic E-state index is 0.327. The second-order valence-electron chi connectivity index (χ2n) is 6.64. The molecule has 25 heavy (non-hydrogen) atoms. The summed E-state index contributed by atoms with van der Waals surface area (Å²) >= 11 is 0. The predicted molar refractivity (Wildman–Crippen MR) is 86.2 cm³/mol. The van der Waals surface area contributed by atoms with Crippen LogP contribution in [0.25, 0.3) is 0 Å². The first-order valence-corrected chi connectivity index (χ1v) is 7.61. The summed E-state index contributed by atoms with van der Waals surface area (Å²) in [5, 5.41) is 2.35. The maximum absolute atomic E-state index is 12.4. The van der Waals surface area contributed by atoms with Crippen molar-refractivity contribution in [3.8, 4) is 0 Å². The molecule has 0 aliphatic carbocycles. The largest absolute Gasteiger partial charge is 0.467 e. The van der Waals surface area contributed by atoms with Crippen molar-refractivity contribution < 1.29 is 33.4 Å². The number of esters is 2. The number of nitrogens with one attached hydrogen (secondary N) is 1. The zero-order valence-corrected chi connectivity index (χ0v) is 15.2. The van der Waals surface area contributed by atoms with Crippen LogP contribution in [-0.4, -0.2) is 59.9 Å². The van der Waals surface area contributed by atoms with Gasteiger partial charge in [-0.3, -0.25) is 14.5 Å². The fraction of sp³-hybridized carbons (Fsp3) is 0.625. The summed E-state index contributed by atoms with van der Waals surface area (Å²) in [6.07, 6.45) is -2.01. The van der Waals surface area contributed by atoms with Crippen LogP contribution in [0.2, 0.25) is 0 Å². The van der Waals surface area contributed by atoms with Gasteiger partial charge < -0.3 is 19.5 Å². The van der Waals surface area contributed by atoms with Gasteiger partial charge in [-0.1, -0.05) is 6.58 Å². The Bertz CT molecular complexity index is 594. The van der Waals surface area contributed by atoms with E-state index in [1.54, 1.807) is 20.8 Å². The number of rotatable bonds is 5. The molecule has 3 atom stereocenters. The second kappa shape index (κ2) is 7.54. The highest BCUT2D eigenvalue weighted by Gasteiger charge is 2.56. The van der Waals surface area contributed by atoms with Gasteiger partial charge in [0, 0.05) is 6.92 Å². The number of likely N-dealkylation sites (tertiary alicyclic amines) is 1. The van der Waals surface area contributed by atoms with E-state index in [1.165, 1.54) is 14.0 Å². The number of hydrogen-bond acceptors (Lipinski definition) is 7. The van der Waals surface area contributed by atoms with E-state index in [0.717, 1.165) is 11.8 Å². The Kier molecular flexibility index (Phi) is 6.17. The third-order valence-corrected chi connectivity index (χ3v) is 3.21. The summed E-state index contributed by atoms with van der Waals surface area (Å²) in [5.74, 6) is -2.02. The number of hydrogen-bond donors (Lipinski definition) is 1. The van der Waals surface area contributed by atoms with E-state index < -0.39 is 47.9 Å². The van der Waals surface area contributed by atoms with Gasteiger partial charge in [-0.25, -0.2) is 9.59 Å². The molecule has 1 heterocycles. The fourth-order valence-corrected chi connectivity index (χ4v) is 2.29. The number of amides is 2. The van der Waals surface area contributed by atoms with Gasteiger partial charge in [-0.2, -0.15) is 0 Å². The number of ether oxygens (including phenoxy) is 3. The quantitative estimate of drug-likeness (QED) is 0.334. The zero-order valence-electron chi connectivity index (χ0n) is 15.2. The van der Waals surface area contributed by atoms with E-state index in [2.05, 4.69) is 16.6 Å². The van der Waals surface area contributed by atoms with Crippen LogP contribution in [0.1, 0.15) is 34.6 Å². The number of carbonyl (C=O) groups is 4. The van der Waals surface area contributed by atoms with Gasteiger partial charge in [0.2, 0.25) is 6.23 Å². The Balaban J connectivity index is 3.00. The molecule has 1 saturated heterocycles. The molecule has 1 rings (SSSR count). The van der Waals surface area contributed by atoms with Crippen LogP contribution in [0.3, 0.4) is 0 Å². The van der Waals surface area contributed by atoms with E-state index in [9.17, 15) is 19.2 Å². The van der Waals surface area contributed by atoms with Crippen molar-refractivity contribution in [2.24, 2.45) is 0 Å². The lowest BCUT2D eigenvalue weighted by Gasteiger charge is -2.48. The van der Waals surface area contributed by atoms with Crippen LogP contribution in [-0.2, 0) is 28.6 Å². The Hall–Kier alpha value is -2.58. The molecule has 1 N–H and O–H groups in total. The van der Waals surface area contributed by atoms with E-state index >= 15 is 0 Å². The number of methoxy groups -OCH3 is 1. The Morgan fingerprint density at radius 2 is 1.80 bits per heavy atom. The smallest absolute Gasteiger partial charge is 0.408 e. The highest BCUT2D eigenvalue weighted by atomic mass is 16.6. The minimum Gasteiger partial charge on any atom is -0.467 e. The molecule has 1 fully saturated rings. The van der Waals surface area contributed by atoms with Crippen LogP contribution in [0.5, 0.6) is 0 Å². The lowest BCUT2D eigenvalue weighted by molar-refractivity contribution is -0.197. The normalized spacial score (nSPS) is 20.9. The fourth-order valence-electron chi connectivity index (χ4n) is 2.29. The Morgan fingerprint density at radius 3 is 2.20 bits per heavy atom. The maximum atomic E-state index is 12.4. The van der Waals surface area contributed by atoms with Crippen molar-refractivity contribution in [1.29, 1.82) is 0 Å². The summed E-state index contributed by atoms with van der Waals surface area (Å²) in [5.41, 5.74) is -0.437. The van der Waals surface area contributed by atoms with E-state index in [1.807, 2.05) is 0 Å². The van der Waals surface area contributed by atoms with Gasteiger partial charge in [0.05, 0.1) is 7.11 Å². The van der Waals surface area contributed by atoms with Gasteiger partial charge in [-0.15, -0.1) is 0 Å². The molecule has 0 radical (unpaired) electrons. The molecule has 9 nitrogen and oxygen atoms in total. The summed E-state index contributed by atoms with van der Waals surface area (Å²) in [4.78, 5) is 48.6. The van der Waals surface area contributed by atoms with Crippen molar-refractivity contribution in [2.45, 2.75) is 58.5 Å². The second-order valence-corrected chi connectivity index (χ2v) is 6.64. The monoisotopic (exact) mass is 356 g/mol. The van der Waals surface area contributed by atoms with Crippen LogP contribution >= 0.6 is 0 Å². The van der Waals surface area contributed by atoms with Gasteiger partial charge >= 0.3 is 18.0 Å². The highest BCUT2D eigenvalue weighted by molar-refractivity contribution is 5.96. The third-order valence-electron chi connectivity index (χ3n) is 3.21. The van der Waals surface area contributed by atoms with Gasteiger partial charge in [0.1, 0.15) is 5.60 Å². The SMILES string of the molecule is C=C(C)C(C(=O)OC)N1C(=O)[C@@H](NC(=O)OC(C)(C)C)[C@@H]1OC(C)=O. The van der Waals surface area contributed by atoms with E-state index in [4.69, 9.17) is 9.47 Å². The summed E-state index contributed by atoms with van der Waals surface area (Å²) in [6.45, 7) is 11.3. The van der Waals surface area contributed by atoms with Crippen molar-refractivity contribution in [3.63, 3.8) is 0 Å². The first-order valence-electron chi connectivity index (χ1n) is 7.61. The van der Waals surface area contributed by atoms with E-state index in [0.29, 0.717) is 5.57 Å². The van der Waals surface area contributed by atoms with E-state index in [-0.39, 0.29) is 0 Å². The molecule has 1 aliphatic heterocycles. The predicted octanol–water partition coefficient (Wildman–Crippen LogP) is 0.729. The molecule has 1 aliphatic rings. The molecule has 0 bridgehead atoms. The van der Waals surface area contributed by atoms with Crippen LogP contribution in [0.4, 0.5) is 4.79 Å². The molecule has 9 heteroatoms. The average molecular weight is 356 g/mol. The van der Waals surface area contributed by atoms with Crippen molar-refractivity contribution >= 4 is 23.9 Å². The van der Waals surface area contributed by atoms with Crippen molar-refractivity contribution in [3.05, 3.63) is 12.2 Å². The number of carbonyl (C=O) groups excluding carboxylic acids is 4.